The van der Waals surface area contributed by atoms with Gasteiger partial charge < -0.3 is 5.32 Å². The molecule has 0 radical (unpaired) electrons. The fourth-order valence-electron chi connectivity index (χ4n) is 3.40. The van der Waals surface area contributed by atoms with Gasteiger partial charge in [0.1, 0.15) is 0 Å². The van der Waals surface area contributed by atoms with Crippen molar-refractivity contribution in [1.29, 1.82) is 0 Å². The van der Waals surface area contributed by atoms with Gasteiger partial charge in [-0.2, -0.15) is 0 Å². The highest BCUT2D eigenvalue weighted by atomic mass is 35.5. The van der Waals surface area contributed by atoms with Crippen molar-refractivity contribution in [2.24, 2.45) is 11.8 Å². The summed E-state index contributed by atoms with van der Waals surface area (Å²) < 4.78 is 0. The molecule has 0 saturated heterocycles. The molecule has 1 saturated carbocycles. The van der Waals surface area contributed by atoms with E-state index in [1.54, 1.807) is 0 Å². The van der Waals surface area contributed by atoms with E-state index >= 15 is 0 Å². The van der Waals surface area contributed by atoms with Gasteiger partial charge in [0.25, 0.3) is 0 Å². The summed E-state index contributed by atoms with van der Waals surface area (Å²) in [5.41, 5.74) is 1.31. The Balaban J connectivity index is 1.93. The largest absolute Gasteiger partial charge is 0.319 e. The highest BCUT2D eigenvalue weighted by Gasteiger charge is 2.19. The maximum absolute atomic E-state index is 6.29. The first-order valence-corrected chi connectivity index (χ1v) is 8.05. The van der Waals surface area contributed by atoms with Crippen molar-refractivity contribution in [3.63, 3.8) is 0 Å². The molecular weight excluding hydrogens is 254 g/mol. The first-order chi connectivity index (χ1) is 9.29. The molecule has 1 N–H and O–H groups in total. The lowest BCUT2D eigenvalue weighted by Crippen LogP contribution is -2.24. The summed E-state index contributed by atoms with van der Waals surface area (Å²) in [6.45, 7) is 1.10. The van der Waals surface area contributed by atoms with E-state index in [0.29, 0.717) is 5.92 Å². The minimum atomic E-state index is 0.716. The molecule has 0 amide bonds. The molecule has 0 aliphatic heterocycles. The van der Waals surface area contributed by atoms with Crippen molar-refractivity contribution in [3.05, 3.63) is 34.9 Å². The number of benzene rings is 1. The molecule has 1 unspecified atom stereocenters. The number of hydrogen-bond acceptors (Lipinski definition) is 1. The van der Waals surface area contributed by atoms with E-state index in [-0.39, 0.29) is 0 Å². The second-order valence-electron chi connectivity index (χ2n) is 5.96. The lowest BCUT2D eigenvalue weighted by atomic mass is 9.81. The number of rotatable bonds is 6. The third kappa shape index (κ3) is 4.81. The molecule has 0 heterocycles. The van der Waals surface area contributed by atoms with Crippen LogP contribution >= 0.6 is 11.6 Å². The van der Waals surface area contributed by atoms with Gasteiger partial charge >= 0.3 is 0 Å². The quantitative estimate of drug-likeness (QED) is 0.797. The van der Waals surface area contributed by atoms with Crippen LogP contribution in [0.15, 0.2) is 24.3 Å². The normalized spacial score (nSPS) is 18.4. The first-order valence-electron chi connectivity index (χ1n) is 7.67. The summed E-state index contributed by atoms with van der Waals surface area (Å²) in [7, 11) is 2.06. The van der Waals surface area contributed by atoms with Gasteiger partial charge in [-0.1, -0.05) is 61.9 Å². The van der Waals surface area contributed by atoms with Crippen molar-refractivity contribution in [3.8, 4) is 0 Å². The average Bonchev–Trinajstić information content (AvgIpc) is 2.43. The molecule has 1 atom stereocenters. The summed E-state index contributed by atoms with van der Waals surface area (Å²) in [5, 5.41) is 4.28. The van der Waals surface area contributed by atoms with Crippen LogP contribution in [0.2, 0.25) is 5.02 Å². The van der Waals surface area contributed by atoms with Crippen molar-refractivity contribution in [2.75, 3.05) is 13.6 Å². The van der Waals surface area contributed by atoms with Crippen molar-refractivity contribution < 1.29 is 0 Å². The molecule has 0 bridgehead atoms. The summed E-state index contributed by atoms with van der Waals surface area (Å²) >= 11 is 6.29. The second kappa shape index (κ2) is 7.91. The molecule has 1 fully saturated rings. The van der Waals surface area contributed by atoms with Crippen LogP contribution in [0.5, 0.6) is 0 Å². The van der Waals surface area contributed by atoms with Gasteiger partial charge in [0.2, 0.25) is 0 Å². The summed E-state index contributed by atoms with van der Waals surface area (Å²) in [6.07, 6.45) is 9.64. The van der Waals surface area contributed by atoms with E-state index in [2.05, 4.69) is 24.5 Å². The maximum atomic E-state index is 6.29. The van der Waals surface area contributed by atoms with E-state index in [4.69, 9.17) is 11.6 Å². The molecule has 0 aromatic heterocycles. The van der Waals surface area contributed by atoms with Crippen LogP contribution in [0.25, 0.3) is 0 Å². The molecule has 1 aliphatic carbocycles. The molecular formula is C17H26ClN. The Bertz CT molecular complexity index is 371. The number of hydrogen-bond donors (Lipinski definition) is 1. The zero-order valence-electron chi connectivity index (χ0n) is 12.0. The average molecular weight is 280 g/mol. The molecule has 2 rings (SSSR count). The fourth-order valence-corrected chi connectivity index (χ4v) is 3.61. The predicted molar refractivity (Wildman–Crippen MR) is 83.8 cm³/mol. The van der Waals surface area contributed by atoms with E-state index in [1.807, 2.05) is 12.1 Å². The lowest BCUT2D eigenvalue weighted by Gasteiger charge is -2.26. The Morgan fingerprint density at radius 3 is 2.63 bits per heavy atom. The van der Waals surface area contributed by atoms with Crippen LogP contribution in [0.4, 0.5) is 0 Å². The standard InChI is InChI=1S/C17H26ClN/c1-19-13-15(11-14-7-3-2-4-8-14)12-16-9-5-6-10-17(16)18/h5-6,9-10,14-15,19H,2-4,7-8,11-13H2,1H3. The fraction of sp³-hybridized carbons (Fsp3) is 0.647. The Hall–Kier alpha value is -0.530. The predicted octanol–water partition coefficient (Wildman–Crippen LogP) is 4.69. The number of halogens is 1. The molecule has 1 aliphatic rings. The molecule has 19 heavy (non-hydrogen) atoms. The topological polar surface area (TPSA) is 12.0 Å². The van der Waals surface area contributed by atoms with Gasteiger partial charge in [0, 0.05) is 5.02 Å². The van der Waals surface area contributed by atoms with Gasteiger partial charge in [-0.15, -0.1) is 0 Å². The smallest absolute Gasteiger partial charge is 0.0438 e. The molecule has 0 spiro atoms. The Kier molecular flexibility index (Phi) is 6.19. The minimum Gasteiger partial charge on any atom is -0.319 e. The Morgan fingerprint density at radius 1 is 1.21 bits per heavy atom. The van der Waals surface area contributed by atoms with Crippen LogP contribution < -0.4 is 5.32 Å². The van der Waals surface area contributed by atoms with Crippen LogP contribution in [-0.4, -0.2) is 13.6 Å². The Morgan fingerprint density at radius 2 is 1.95 bits per heavy atom. The maximum Gasteiger partial charge on any atom is 0.0438 e. The first kappa shape index (κ1) is 14.9. The monoisotopic (exact) mass is 279 g/mol. The zero-order chi connectivity index (χ0) is 13.5. The van der Waals surface area contributed by atoms with Crippen molar-refractivity contribution in [2.45, 2.75) is 44.9 Å². The SMILES string of the molecule is CNCC(Cc1ccccc1Cl)CC1CCCCC1. The second-order valence-corrected chi connectivity index (χ2v) is 6.37. The van der Waals surface area contributed by atoms with Gasteiger partial charge in [0.05, 0.1) is 0 Å². The van der Waals surface area contributed by atoms with Crippen molar-refractivity contribution in [1.82, 2.24) is 5.32 Å². The molecule has 106 valence electrons. The van der Waals surface area contributed by atoms with Crippen LogP contribution in [-0.2, 0) is 6.42 Å². The van der Waals surface area contributed by atoms with Gasteiger partial charge in [-0.3, -0.25) is 0 Å². The highest BCUT2D eigenvalue weighted by molar-refractivity contribution is 6.31. The van der Waals surface area contributed by atoms with E-state index < -0.39 is 0 Å². The van der Waals surface area contributed by atoms with E-state index in [0.717, 1.165) is 23.9 Å². The summed E-state index contributed by atoms with van der Waals surface area (Å²) in [6, 6.07) is 8.29. The molecule has 1 aromatic rings. The summed E-state index contributed by atoms with van der Waals surface area (Å²) in [4.78, 5) is 0. The van der Waals surface area contributed by atoms with Gasteiger partial charge in [-0.05, 0) is 49.9 Å². The lowest BCUT2D eigenvalue weighted by molar-refractivity contribution is 0.283. The van der Waals surface area contributed by atoms with Crippen LogP contribution in [0, 0.1) is 11.8 Å². The summed E-state index contributed by atoms with van der Waals surface area (Å²) in [5.74, 6) is 1.66. The molecule has 2 heteroatoms. The highest BCUT2D eigenvalue weighted by Crippen LogP contribution is 2.31. The van der Waals surface area contributed by atoms with Crippen LogP contribution in [0.3, 0.4) is 0 Å². The van der Waals surface area contributed by atoms with Crippen LogP contribution in [0.1, 0.15) is 44.1 Å². The third-order valence-electron chi connectivity index (χ3n) is 4.35. The third-order valence-corrected chi connectivity index (χ3v) is 4.72. The van der Waals surface area contributed by atoms with Crippen molar-refractivity contribution >= 4 is 11.6 Å². The van der Waals surface area contributed by atoms with E-state index in [9.17, 15) is 0 Å². The number of nitrogens with one attached hydrogen (secondary N) is 1. The minimum absolute atomic E-state index is 0.716. The Labute approximate surface area is 122 Å². The zero-order valence-corrected chi connectivity index (χ0v) is 12.8. The van der Waals surface area contributed by atoms with E-state index in [1.165, 1.54) is 44.1 Å². The van der Waals surface area contributed by atoms with Gasteiger partial charge in [0.15, 0.2) is 0 Å². The molecule has 1 aromatic carbocycles. The molecule has 1 nitrogen and oxygen atoms in total. The van der Waals surface area contributed by atoms with Gasteiger partial charge in [-0.25, -0.2) is 0 Å².